The summed E-state index contributed by atoms with van der Waals surface area (Å²) in [6.07, 6.45) is 0.757. The van der Waals surface area contributed by atoms with Crippen molar-refractivity contribution >= 4 is 11.6 Å². The van der Waals surface area contributed by atoms with Crippen LogP contribution in [-0.2, 0) is 6.42 Å². The van der Waals surface area contributed by atoms with Gasteiger partial charge in [0.1, 0.15) is 0 Å². The van der Waals surface area contributed by atoms with E-state index < -0.39 is 0 Å². The zero-order valence-corrected chi connectivity index (χ0v) is 6.49. The molecule has 0 saturated heterocycles. The minimum atomic E-state index is -0.356. The molecule has 11 heavy (non-hydrogen) atoms. The lowest BCUT2D eigenvalue weighted by Crippen LogP contribution is -1.88. The van der Waals surface area contributed by atoms with Crippen LogP contribution in [0.3, 0.4) is 0 Å². The highest BCUT2D eigenvalue weighted by Crippen LogP contribution is 2.31. The molecule has 1 aliphatic rings. The molecule has 0 aliphatic carbocycles. The molecule has 0 spiro atoms. The molecule has 0 amide bonds. The Labute approximate surface area is 68.7 Å². The molecule has 0 atom stereocenters. The van der Waals surface area contributed by atoms with Gasteiger partial charge in [0.2, 0.25) is 0 Å². The summed E-state index contributed by atoms with van der Waals surface area (Å²) in [6.45, 7) is 0.562. The monoisotopic (exact) mass is 172 g/mol. The zero-order chi connectivity index (χ0) is 7.84. The van der Waals surface area contributed by atoms with Crippen molar-refractivity contribution in [2.24, 2.45) is 0 Å². The lowest BCUT2D eigenvalue weighted by molar-refractivity contribution is 0.339. The Kier molecular flexibility index (Phi) is 1.50. The fourth-order valence-electron chi connectivity index (χ4n) is 1.22. The lowest BCUT2D eigenvalue weighted by atomic mass is 10.2. The van der Waals surface area contributed by atoms with Gasteiger partial charge in [0, 0.05) is 17.0 Å². The summed E-state index contributed by atoms with van der Waals surface area (Å²) in [7, 11) is 0. The molecule has 0 unspecified atom stereocenters. The van der Waals surface area contributed by atoms with Crippen molar-refractivity contribution in [2.75, 3.05) is 6.61 Å². The van der Waals surface area contributed by atoms with Gasteiger partial charge in [0.15, 0.2) is 11.6 Å². The van der Waals surface area contributed by atoms with Crippen LogP contribution >= 0.6 is 11.6 Å². The van der Waals surface area contributed by atoms with Crippen LogP contribution in [0.2, 0.25) is 5.02 Å². The van der Waals surface area contributed by atoms with Crippen LogP contribution < -0.4 is 4.74 Å². The summed E-state index contributed by atoms with van der Waals surface area (Å²) in [5.41, 5.74) is 0.870. The molecule has 3 heteroatoms. The molecule has 1 aromatic carbocycles. The van der Waals surface area contributed by atoms with Crippen molar-refractivity contribution in [1.82, 2.24) is 0 Å². The Bertz CT molecular complexity index is 298. The maximum absolute atomic E-state index is 12.9. The number of ether oxygens (including phenoxy) is 1. The van der Waals surface area contributed by atoms with Crippen molar-refractivity contribution in [2.45, 2.75) is 6.42 Å². The van der Waals surface area contributed by atoms with Crippen LogP contribution in [0, 0.1) is 5.82 Å². The minimum absolute atomic E-state index is 0.356. The number of benzene rings is 1. The third-order valence-electron chi connectivity index (χ3n) is 1.70. The number of fused-ring (bicyclic) bond motifs is 1. The van der Waals surface area contributed by atoms with E-state index in [1.54, 1.807) is 6.07 Å². The van der Waals surface area contributed by atoms with Crippen molar-refractivity contribution in [3.63, 3.8) is 0 Å². The number of hydrogen-bond donors (Lipinski definition) is 0. The summed E-state index contributed by atoms with van der Waals surface area (Å²) in [4.78, 5) is 0. The first-order chi connectivity index (χ1) is 5.27. The van der Waals surface area contributed by atoms with Gasteiger partial charge in [-0.25, -0.2) is 4.39 Å². The van der Waals surface area contributed by atoms with Crippen LogP contribution in [0.4, 0.5) is 4.39 Å². The molecule has 1 nitrogen and oxygen atoms in total. The molecule has 0 radical (unpaired) electrons. The molecule has 1 aromatic rings. The third-order valence-corrected chi connectivity index (χ3v) is 1.92. The predicted octanol–water partition coefficient (Wildman–Crippen LogP) is 2.41. The molecule has 0 saturated carbocycles. The molecule has 2 rings (SSSR count). The summed E-state index contributed by atoms with van der Waals surface area (Å²) in [5.74, 6) is 0.0133. The standard InChI is InChI=1S/C8H6ClFO/c9-6-3-5-1-2-11-8(5)7(10)4-6/h3-4H,1-2H2. The quantitative estimate of drug-likeness (QED) is 0.584. The van der Waals surface area contributed by atoms with Crippen molar-refractivity contribution in [3.8, 4) is 5.75 Å². The van der Waals surface area contributed by atoms with Crippen molar-refractivity contribution in [1.29, 1.82) is 0 Å². The smallest absolute Gasteiger partial charge is 0.166 e. The maximum atomic E-state index is 12.9. The van der Waals surface area contributed by atoms with Gasteiger partial charge >= 0.3 is 0 Å². The number of rotatable bonds is 0. The van der Waals surface area contributed by atoms with Crippen LogP contribution in [0.5, 0.6) is 5.75 Å². The molecule has 0 bridgehead atoms. The van der Waals surface area contributed by atoms with Crippen molar-refractivity contribution in [3.05, 3.63) is 28.5 Å². The van der Waals surface area contributed by atoms with E-state index in [0.717, 1.165) is 12.0 Å². The lowest BCUT2D eigenvalue weighted by Gasteiger charge is -1.99. The summed E-state index contributed by atoms with van der Waals surface area (Å²) < 4.78 is 18.0. The van der Waals surface area contributed by atoms with E-state index in [1.807, 2.05) is 0 Å². The maximum Gasteiger partial charge on any atom is 0.166 e. The first-order valence-electron chi connectivity index (χ1n) is 3.38. The van der Waals surface area contributed by atoms with E-state index in [9.17, 15) is 4.39 Å². The molecular weight excluding hydrogens is 167 g/mol. The second-order valence-corrected chi connectivity index (χ2v) is 2.91. The highest BCUT2D eigenvalue weighted by molar-refractivity contribution is 6.30. The van der Waals surface area contributed by atoms with E-state index in [2.05, 4.69) is 0 Å². The Hall–Kier alpha value is -0.760. The van der Waals surface area contributed by atoms with Gasteiger partial charge in [-0.15, -0.1) is 0 Å². The first kappa shape index (κ1) is 6.92. The summed E-state index contributed by atoms with van der Waals surface area (Å²) in [5, 5.41) is 0.437. The average molecular weight is 173 g/mol. The van der Waals surface area contributed by atoms with Gasteiger partial charge in [-0.05, 0) is 12.1 Å². The number of halogens is 2. The van der Waals surface area contributed by atoms with E-state index in [1.165, 1.54) is 6.07 Å². The topological polar surface area (TPSA) is 9.23 Å². The largest absolute Gasteiger partial charge is 0.490 e. The van der Waals surface area contributed by atoms with Crippen molar-refractivity contribution < 1.29 is 9.13 Å². The van der Waals surface area contributed by atoms with E-state index in [4.69, 9.17) is 16.3 Å². The fourth-order valence-corrected chi connectivity index (χ4v) is 1.45. The third kappa shape index (κ3) is 1.07. The van der Waals surface area contributed by atoms with Gasteiger partial charge in [0.05, 0.1) is 6.61 Å². The molecule has 1 heterocycles. The SMILES string of the molecule is Fc1cc(Cl)cc2c1OCC2. The minimum Gasteiger partial charge on any atom is -0.490 e. The van der Waals surface area contributed by atoms with E-state index in [0.29, 0.717) is 17.4 Å². The van der Waals surface area contributed by atoms with Gasteiger partial charge in [-0.2, -0.15) is 0 Å². The van der Waals surface area contributed by atoms with Gasteiger partial charge in [0.25, 0.3) is 0 Å². The second-order valence-electron chi connectivity index (χ2n) is 2.47. The van der Waals surface area contributed by atoms with Crippen LogP contribution in [0.1, 0.15) is 5.56 Å². The van der Waals surface area contributed by atoms with Crippen LogP contribution in [-0.4, -0.2) is 6.61 Å². The van der Waals surface area contributed by atoms with E-state index >= 15 is 0 Å². The molecule has 0 N–H and O–H groups in total. The van der Waals surface area contributed by atoms with Gasteiger partial charge in [-0.1, -0.05) is 11.6 Å². The first-order valence-corrected chi connectivity index (χ1v) is 3.76. The Balaban J connectivity index is 2.60. The normalized spacial score (nSPS) is 14.4. The summed E-state index contributed by atoms with van der Waals surface area (Å²) in [6, 6.07) is 3.01. The van der Waals surface area contributed by atoms with Gasteiger partial charge < -0.3 is 4.74 Å². The highest BCUT2D eigenvalue weighted by atomic mass is 35.5. The fraction of sp³-hybridized carbons (Fsp3) is 0.250. The van der Waals surface area contributed by atoms with Crippen LogP contribution in [0.15, 0.2) is 12.1 Å². The zero-order valence-electron chi connectivity index (χ0n) is 5.73. The Morgan fingerprint density at radius 3 is 3.09 bits per heavy atom. The molecule has 1 aliphatic heterocycles. The second kappa shape index (κ2) is 2.38. The van der Waals surface area contributed by atoms with Crippen LogP contribution in [0.25, 0.3) is 0 Å². The van der Waals surface area contributed by atoms with E-state index in [-0.39, 0.29) is 5.82 Å². The molecule has 58 valence electrons. The predicted molar refractivity (Wildman–Crippen MR) is 40.6 cm³/mol. The molecule has 0 aromatic heterocycles. The Morgan fingerprint density at radius 1 is 1.45 bits per heavy atom. The average Bonchev–Trinajstić information content (AvgIpc) is 2.34. The number of hydrogen-bond acceptors (Lipinski definition) is 1. The molecule has 0 fully saturated rings. The Morgan fingerprint density at radius 2 is 2.27 bits per heavy atom. The van der Waals surface area contributed by atoms with Gasteiger partial charge in [-0.3, -0.25) is 0 Å². The highest BCUT2D eigenvalue weighted by Gasteiger charge is 2.16. The molecular formula is C8H6ClFO. The summed E-state index contributed by atoms with van der Waals surface area (Å²) >= 11 is 5.63.